The molecule has 1 saturated heterocycles. The maximum atomic E-state index is 13.5. The number of carbonyl (C=O) groups excluding carboxylic acids is 4. The Bertz CT molecular complexity index is 2170. The fraction of sp³-hybridized carbons (Fsp3) is 0.268. The maximum Gasteiger partial charge on any atom is 0.355 e. The first-order valence-corrected chi connectivity index (χ1v) is 18.7. The standard InChI is InChI=1S/C41H39ClN2O10S/c1-41(2,3)54-40(51)34-27(22-55-38-33(37(49)44(34)38)43-32(46)21-52-29-12-5-4-6-13-29)20-53-39(50)30-14-9-11-24(36(30)48)17-26-19-28(42)18-25(35(26)47)16-23-10-7-8-15-31(23)45/h4-15,18-19,33,38,45,47-48H,16-17,20-22H2,1-3H3,(H,43,46)/t33-,38-/m1/s1. The number of nitrogens with zero attached hydrogens (tertiary/aromatic N) is 1. The lowest BCUT2D eigenvalue weighted by Crippen LogP contribution is -2.71. The van der Waals surface area contributed by atoms with Crippen molar-refractivity contribution in [2.45, 2.75) is 50.6 Å². The second-order valence-corrected chi connectivity index (χ2v) is 15.5. The zero-order valence-electron chi connectivity index (χ0n) is 30.2. The SMILES string of the molecule is CC(C)(C)OC(=O)C1=C(COC(=O)c2cccc(Cc3cc(Cl)cc(Cc4ccccc4O)c3O)c2O)CS[C@@H]2[C@H](NC(=O)COc3ccccc3)C(=O)N12. The molecule has 0 bridgehead atoms. The molecule has 2 atom stereocenters. The summed E-state index contributed by atoms with van der Waals surface area (Å²) in [6.07, 6.45) is 0.207. The highest BCUT2D eigenvalue weighted by Gasteiger charge is 2.54. The second kappa shape index (κ2) is 16.4. The first kappa shape index (κ1) is 39.0. The molecule has 1 fully saturated rings. The van der Waals surface area contributed by atoms with Crippen LogP contribution in [0.15, 0.2) is 96.2 Å². The van der Waals surface area contributed by atoms with Crippen LogP contribution in [0.5, 0.6) is 23.0 Å². The molecule has 12 nitrogen and oxygen atoms in total. The number of β-lactam (4-membered cyclic amide) rings is 1. The van der Waals surface area contributed by atoms with E-state index in [-0.39, 0.29) is 53.7 Å². The number of esters is 2. The van der Waals surface area contributed by atoms with Crippen molar-refractivity contribution in [3.63, 3.8) is 0 Å². The number of thioether (sulfide) groups is 1. The van der Waals surface area contributed by atoms with Gasteiger partial charge in [-0.25, -0.2) is 9.59 Å². The molecule has 2 aliphatic heterocycles. The largest absolute Gasteiger partial charge is 0.508 e. The Morgan fingerprint density at radius 2 is 1.51 bits per heavy atom. The number of fused-ring (bicyclic) bond motifs is 1. The Morgan fingerprint density at radius 1 is 0.855 bits per heavy atom. The molecule has 2 heterocycles. The minimum Gasteiger partial charge on any atom is -0.508 e. The van der Waals surface area contributed by atoms with Crippen LogP contribution in [0.4, 0.5) is 0 Å². The van der Waals surface area contributed by atoms with E-state index in [4.69, 9.17) is 25.8 Å². The van der Waals surface area contributed by atoms with Crippen LogP contribution in [-0.2, 0) is 36.7 Å². The van der Waals surface area contributed by atoms with Crippen molar-refractivity contribution in [3.05, 3.63) is 129 Å². The summed E-state index contributed by atoms with van der Waals surface area (Å²) in [5, 5.41) is 35.0. The molecule has 55 heavy (non-hydrogen) atoms. The maximum absolute atomic E-state index is 13.5. The first-order chi connectivity index (χ1) is 26.2. The summed E-state index contributed by atoms with van der Waals surface area (Å²) in [5.41, 5.74) is 0.918. The number of phenols is 3. The molecule has 286 valence electrons. The van der Waals surface area contributed by atoms with Crippen molar-refractivity contribution in [3.8, 4) is 23.0 Å². The monoisotopic (exact) mass is 786 g/mol. The van der Waals surface area contributed by atoms with E-state index >= 15 is 0 Å². The third-order valence-electron chi connectivity index (χ3n) is 8.77. The number of benzene rings is 4. The molecular formula is C41H39ClN2O10S. The quantitative estimate of drug-likeness (QED) is 0.100. The molecule has 4 aromatic carbocycles. The van der Waals surface area contributed by atoms with E-state index in [0.717, 1.165) is 0 Å². The van der Waals surface area contributed by atoms with Crippen molar-refractivity contribution in [2.75, 3.05) is 19.0 Å². The lowest BCUT2D eigenvalue weighted by atomic mass is 9.96. The van der Waals surface area contributed by atoms with Crippen LogP contribution in [0.3, 0.4) is 0 Å². The number of aromatic hydroxyl groups is 3. The molecule has 2 amide bonds. The summed E-state index contributed by atoms with van der Waals surface area (Å²) >= 11 is 7.68. The normalized spacial score (nSPS) is 16.5. The van der Waals surface area contributed by atoms with E-state index in [9.17, 15) is 34.5 Å². The van der Waals surface area contributed by atoms with Gasteiger partial charge in [0.25, 0.3) is 11.8 Å². The Morgan fingerprint density at radius 3 is 2.20 bits per heavy atom. The fourth-order valence-electron chi connectivity index (χ4n) is 6.18. The molecule has 14 heteroatoms. The van der Waals surface area contributed by atoms with Gasteiger partial charge in [-0.3, -0.25) is 14.5 Å². The minimum absolute atomic E-state index is 0.00620. The lowest BCUT2D eigenvalue weighted by Gasteiger charge is -2.49. The van der Waals surface area contributed by atoms with Crippen molar-refractivity contribution < 1.29 is 48.7 Å². The summed E-state index contributed by atoms with van der Waals surface area (Å²) in [5.74, 6) is -2.43. The van der Waals surface area contributed by atoms with Crippen molar-refractivity contribution in [1.82, 2.24) is 10.2 Å². The Labute approximate surface area is 326 Å². The third kappa shape index (κ3) is 9.01. The molecule has 0 aromatic heterocycles. The van der Waals surface area contributed by atoms with E-state index in [1.165, 1.54) is 22.7 Å². The highest BCUT2D eigenvalue weighted by atomic mass is 35.5. The van der Waals surface area contributed by atoms with E-state index in [1.54, 1.807) is 93.6 Å². The van der Waals surface area contributed by atoms with Gasteiger partial charge in [-0.05, 0) is 68.3 Å². The zero-order valence-corrected chi connectivity index (χ0v) is 31.8. The number of amides is 2. The number of para-hydroxylation sites is 3. The van der Waals surface area contributed by atoms with Gasteiger partial charge in [0.1, 0.15) is 57.9 Å². The van der Waals surface area contributed by atoms with E-state index in [2.05, 4.69) is 5.32 Å². The molecule has 0 aliphatic carbocycles. The predicted octanol–water partition coefficient (Wildman–Crippen LogP) is 5.87. The van der Waals surface area contributed by atoms with Crippen LogP contribution in [0, 0.1) is 0 Å². The van der Waals surface area contributed by atoms with Gasteiger partial charge in [-0.15, -0.1) is 11.8 Å². The van der Waals surface area contributed by atoms with Gasteiger partial charge in [0, 0.05) is 40.3 Å². The van der Waals surface area contributed by atoms with Crippen molar-refractivity contribution in [1.29, 1.82) is 0 Å². The number of carbonyl (C=O) groups is 4. The summed E-state index contributed by atoms with van der Waals surface area (Å²) < 4.78 is 16.7. The van der Waals surface area contributed by atoms with Crippen molar-refractivity contribution >= 4 is 47.1 Å². The highest BCUT2D eigenvalue weighted by molar-refractivity contribution is 8.00. The van der Waals surface area contributed by atoms with Gasteiger partial charge in [0.15, 0.2) is 6.61 Å². The van der Waals surface area contributed by atoms with Crippen LogP contribution in [0.25, 0.3) is 0 Å². The smallest absolute Gasteiger partial charge is 0.355 e. The molecule has 4 aromatic rings. The van der Waals surface area contributed by atoms with Crippen LogP contribution >= 0.6 is 23.4 Å². The number of ether oxygens (including phenoxy) is 3. The summed E-state index contributed by atoms with van der Waals surface area (Å²) in [6, 6.07) is 22.3. The van der Waals surface area contributed by atoms with E-state index in [0.29, 0.717) is 38.6 Å². The van der Waals surface area contributed by atoms with Gasteiger partial charge in [0.05, 0.1) is 0 Å². The number of hydrogen-bond acceptors (Lipinski definition) is 11. The summed E-state index contributed by atoms with van der Waals surface area (Å²) in [6.45, 7) is 4.34. The van der Waals surface area contributed by atoms with Gasteiger partial charge >= 0.3 is 11.9 Å². The number of phenolic OH excluding ortho intramolecular Hbond substituents is 3. The third-order valence-corrected chi connectivity index (χ3v) is 10.3. The Kier molecular flexibility index (Phi) is 11.6. The number of nitrogens with one attached hydrogen (secondary N) is 1. The average Bonchev–Trinajstić information content (AvgIpc) is 3.14. The Balaban J connectivity index is 1.16. The van der Waals surface area contributed by atoms with Crippen LogP contribution in [-0.4, -0.2) is 80.0 Å². The minimum atomic E-state index is -0.918. The number of rotatable bonds is 12. The molecule has 0 unspecified atom stereocenters. The molecule has 0 spiro atoms. The lowest BCUT2D eigenvalue weighted by molar-refractivity contribution is -0.159. The topological polar surface area (TPSA) is 172 Å². The van der Waals surface area contributed by atoms with Gasteiger partial charge in [-0.1, -0.05) is 60.1 Å². The summed E-state index contributed by atoms with van der Waals surface area (Å²) in [7, 11) is 0. The first-order valence-electron chi connectivity index (χ1n) is 17.3. The van der Waals surface area contributed by atoms with Gasteiger partial charge in [0.2, 0.25) is 0 Å². The molecule has 0 radical (unpaired) electrons. The molecule has 2 aliphatic rings. The van der Waals surface area contributed by atoms with Gasteiger partial charge in [-0.2, -0.15) is 0 Å². The van der Waals surface area contributed by atoms with Crippen LogP contribution < -0.4 is 10.1 Å². The highest BCUT2D eigenvalue weighted by Crippen LogP contribution is 2.41. The molecule has 6 rings (SSSR count). The number of halogens is 1. The molecule has 0 saturated carbocycles. The van der Waals surface area contributed by atoms with Crippen LogP contribution in [0.2, 0.25) is 5.02 Å². The zero-order chi connectivity index (χ0) is 39.4. The van der Waals surface area contributed by atoms with E-state index in [1.807, 2.05) is 6.07 Å². The Hall–Kier alpha value is -5.66. The number of hydrogen-bond donors (Lipinski definition) is 4. The summed E-state index contributed by atoms with van der Waals surface area (Å²) in [4.78, 5) is 54.3. The van der Waals surface area contributed by atoms with E-state index < -0.39 is 47.4 Å². The molecule has 4 N–H and O–H groups in total. The average molecular weight is 787 g/mol. The fourth-order valence-corrected chi connectivity index (χ4v) is 7.77. The van der Waals surface area contributed by atoms with Gasteiger partial charge < -0.3 is 34.8 Å². The molecular weight excluding hydrogens is 748 g/mol. The predicted molar refractivity (Wildman–Crippen MR) is 205 cm³/mol. The second-order valence-electron chi connectivity index (χ2n) is 14.0. The van der Waals surface area contributed by atoms with Crippen LogP contribution in [0.1, 0.15) is 53.4 Å². The van der Waals surface area contributed by atoms with Crippen molar-refractivity contribution in [2.24, 2.45) is 0 Å².